The maximum absolute atomic E-state index is 5.97. The van der Waals surface area contributed by atoms with Crippen LogP contribution in [0.2, 0.25) is 0 Å². The van der Waals surface area contributed by atoms with Crippen molar-refractivity contribution in [2.45, 2.75) is 66.0 Å². The molecule has 0 fully saturated rings. The molecule has 0 radical (unpaired) electrons. The van der Waals surface area contributed by atoms with E-state index in [2.05, 4.69) is 53.5 Å². The summed E-state index contributed by atoms with van der Waals surface area (Å²) in [6.07, 6.45) is 2.24. The van der Waals surface area contributed by atoms with Crippen molar-refractivity contribution in [3.63, 3.8) is 0 Å². The lowest BCUT2D eigenvalue weighted by Crippen LogP contribution is -2.57. The first-order chi connectivity index (χ1) is 6.75. The van der Waals surface area contributed by atoms with Gasteiger partial charge in [0, 0.05) is 18.1 Å². The third-order valence-electron chi connectivity index (χ3n) is 4.28. The predicted octanol–water partition coefficient (Wildman–Crippen LogP) is 2.87. The van der Waals surface area contributed by atoms with Crippen LogP contribution in [0.25, 0.3) is 0 Å². The van der Waals surface area contributed by atoms with E-state index < -0.39 is 0 Å². The fourth-order valence-electron chi connectivity index (χ4n) is 2.17. The Hall–Kier alpha value is -0.0800. The Morgan fingerprint density at radius 2 is 1.53 bits per heavy atom. The second kappa shape index (κ2) is 5.31. The second-order valence-electron chi connectivity index (χ2n) is 5.79. The minimum atomic E-state index is 0.173. The lowest BCUT2D eigenvalue weighted by atomic mass is 9.82. The highest BCUT2D eigenvalue weighted by Crippen LogP contribution is 2.31. The minimum absolute atomic E-state index is 0.173. The number of nitrogens with zero attached hydrogens (tertiary/aromatic N) is 1. The van der Waals surface area contributed by atoms with Gasteiger partial charge in [0.15, 0.2) is 0 Å². The van der Waals surface area contributed by atoms with Crippen LogP contribution in [0.5, 0.6) is 0 Å². The van der Waals surface area contributed by atoms with Gasteiger partial charge in [-0.1, -0.05) is 34.6 Å². The highest BCUT2D eigenvalue weighted by Gasteiger charge is 2.36. The van der Waals surface area contributed by atoms with Crippen LogP contribution in [0.15, 0.2) is 0 Å². The third-order valence-corrected chi connectivity index (χ3v) is 4.28. The molecular weight excluding hydrogens is 184 g/mol. The van der Waals surface area contributed by atoms with Crippen molar-refractivity contribution in [1.29, 1.82) is 0 Å². The van der Waals surface area contributed by atoms with E-state index in [0.29, 0.717) is 11.5 Å². The Bertz CT molecular complexity index is 169. The molecule has 2 N–H and O–H groups in total. The lowest BCUT2D eigenvalue weighted by Gasteiger charge is -2.47. The zero-order valence-corrected chi connectivity index (χ0v) is 11.7. The molecule has 0 saturated heterocycles. The van der Waals surface area contributed by atoms with Crippen LogP contribution in [0, 0.1) is 5.41 Å². The monoisotopic (exact) mass is 214 g/mol. The van der Waals surface area contributed by atoms with Crippen molar-refractivity contribution in [2.75, 3.05) is 13.6 Å². The number of hydrogen-bond acceptors (Lipinski definition) is 2. The minimum Gasteiger partial charge on any atom is -0.329 e. The van der Waals surface area contributed by atoms with Crippen LogP contribution in [-0.4, -0.2) is 30.1 Å². The molecule has 0 aromatic heterocycles. The smallest absolute Gasteiger partial charge is 0.0326 e. The van der Waals surface area contributed by atoms with Crippen molar-refractivity contribution in [1.82, 2.24) is 4.90 Å². The van der Waals surface area contributed by atoms with Gasteiger partial charge in [-0.15, -0.1) is 0 Å². The largest absolute Gasteiger partial charge is 0.329 e. The molecule has 2 nitrogen and oxygen atoms in total. The summed E-state index contributed by atoms with van der Waals surface area (Å²) in [5.74, 6) is 0. The molecule has 0 aliphatic carbocycles. The quantitative estimate of drug-likeness (QED) is 0.762. The Labute approximate surface area is 96.2 Å². The number of nitrogens with two attached hydrogens (primary N) is 1. The van der Waals surface area contributed by atoms with Gasteiger partial charge in [0.2, 0.25) is 0 Å². The van der Waals surface area contributed by atoms with E-state index in [0.717, 1.165) is 19.4 Å². The molecule has 0 aromatic rings. The van der Waals surface area contributed by atoms with E-state index >= 15 is 0 Å². The van der Waals surface area contributed by atoms with Crippen molar-refractivity contribution in [3.05, 3.63) is 0 Å². The van der Waals surface area contributed by atoms with Crippen molar-refractivity contribution in [2.24, 2.45) is 11.1 Å². The first kappa shape index (κ1) is 14.9. The molecule has 1 atom stereocenters. The Morgan fingerprint density at radius 1 is 1.13 bits per heavy atom. The van der Waals surface area contributed by atoms with Crippen LogP contribution in [0.4, 0.5) is 0 Å². The van der Waals surface area contributed by atoms with Crippen molar-refractivity contribution >= 4 is 0 Å². The zero-order valence-electron chi connectivity index (χ0n) is 11.7. The fourth-order valence-corrected chi connectivity index (χ4v) is 2.17. The van der Waals surface area contributed by atoms with Crippen molar-refractivity contribution in [3.8, 4) is 0 Å². The standard InChI is InChI=1S/C13H30N2/c1-8-13(9-2,10-14)15(7)11(3)12(4,5)6/h11H,8-10,14H2,1-7H3. The Balaban J connectivity index is 4.86. The normalized spacial score (nSPS) is 15.8. The molecule has 0 bridgehead atoms. The van der Waals surface area contributed by atoms with E-state index in [1.807, 2.05) is 0 Å². The van der Waals surface area contributed by atoms with Gasteiger partial charge < -0.3 is 5.73 Å². The highest BCUT2D eigenvalue weighted by molar-refractivity contribution is 4.93. The summed E-state index contributed by atoms with van der Waals surface area (Å²) in [7, 11) is 2.22. The van der Waals surface area contributed by atoms with Gasteiger partial charge in [-0.05, 0) is 32.2 Å². The van der Waals surface area contributed by atoms with E-state index in [9.17, 15) is 0 Å². The molecular formula is C13H30N2. The van der Waals surface area contributed by atoms with Crippen LogP contribution >= 0.6 is 0 Å². The number of hydrogen-bond donors (Lipinski definition) is 1. The average molecular weight is 214 g/mol. The molecule has 15 heavy (non-hydrogen) atoms. The molecule has 2 heteroatoms. The van der Waals surface area contributed by atoms with E-state index in [1.54, 1.807) is 0 Å². The maximum Gasteiger partial charge on any atom is 0.0326 e. The Morgan fingerprint density at radius 3 is 1.73 bits per heavy atom. The van der Waals surface area contributed by atoms with E-state index in [1.165, 1.54) is 0 Å². The summed E-state index contributed by atoms with van der Waals surface area (Å²) in [5, 5.41) is 0. The molecule has 0 saturated carbocycles. The summed E-state index contributed by atoms with van der Waals surface area (Å²) in [6, 6.07) is 0.543. The maximum atomic E-state index is 5.97. The summed E-state index contributed by atoms with van der Waals surface area (Å²) in [6.45, 7) is 14.4. The molecule has 1 unspecified atom stereocenters. The molecule has 0 heterocycles. The lowest BCUT2D eigenvalue weighted by molar-refractivity contribution is 0.0260. The van der Waals surface area contributed by atoms with Crippen LogP contribution in [0.3, 0.4) is 0 Å². The first-order valence-electron chi connectivity index (χ1n) is 6.18. The van der Waals surface area contributed by atoms with Gasteiger partial charge in [0.25, 0.3) is 0 Å². The molecule has 0 spiro atoms. The summed E-state index contributed by atoms with van der Waals surface area (Å²) in [4.78, 5) is 2.48. The molecule has 0 aromatic carbocycles. The van der Waals surface area contributed by atoms with Gasteiger partial charge >= 0.3 is 0 Å². The van der Waals surface area contributed by atoms with E-state index in [4.69, 9.17) is 5.73 Å². The molecule has 0 amide bonds. The van der Waals surface area contributed by atoms with E-state index in [-0.39, 0.29) is 5.54 Å². The van der Waals surface area contributed by atoms with Crippen LogP contribution < -0.4 is 5.73 Å². The van der Waals surface area contributed by atoms with Gasteiger partial charge in [0.1, 0.15) is 0 Å². The van der Waals surface area contributed by atoms with Gasteiger partial charge in [0.05, 0.1) is 0 Å². The summed E-state index contributed by atoms with van der Waals surface area (Å²) >= 11 is 0. The summed E-state index contributed by atoms with van der Waals surface area (Å²) < 4.78 is 0. The molecule has 0 rings (SSSR count). The predicted molar refractivity (Wildman–Crippen MR) is 69.0 cm³/mol. The van der Waals surface area contributed by atoms with Crippen molar-refractivity contribution < 1.29 is 0 Å². The third kappa shape index (κ3) is 3.18. The SMILES string of the molecule is CCC(CC)(CN)N(C)C(C)C(C)(C)C. The second-order valence-corrected chi connectivity index (χ2v) is 5.79. The first-order valence-corrected chi connectivity index (χ1v) is 6.18. The number of rotatable bonds is 5. The molecule has 0 aliphatic heterocycles. The molecule has 0 aliphatic rings. The average Bonchev–Trinajstić information content (AvgIpc) is 2.18. The molecule has 92 valence electrons. The highest BCUT2D eigenvalue weighted by atomic mass is 15.2. The Kier molecular flexibility index (Phi) is 5.28. The number of likely N-dealkylation sites (N-methyl/N-ethyl adjacent to an activating group) is 1. The van der Waals surface area contributed by atoms with Crippen LogP contribution in [0.1, 0.15) is 54.4 Å². The van der Waals surface area contributed by atoms with Gasteiger partial charge in [-0.2, -0.15) is 0 Å². The zero-order chi connectivity index (χ0) is 12.3. The summed E-state index contributed by atoms with van der Waals surface area (Å²) in [5.41, 5.74) is 6.45. The fraction of sp³-hybridized carbons (Fsp3) is 1.00. The van der Waals surface area contributed by atoms with Gasteiger partial charge in [-0.25, -0.2) is 0 Å². The van der Waals surface area contributed by atoms with Gasteiger partial charge in [-0.3, -0.25) is 4.90 Å². The van der Waals surface area contributed by atoms with Crippen LogP contribution in [-0.2, 0) is 0 Å². The topological polar surface area (TPSA) is 29.3 Å².